The van der Waals surface area contributed by atoms with Crippen molar-refractivity contribution in [3.63, 3.8) is 0 Å². The Balaban J connectivity index is 0.000000690. The van der Waals surface area contributed by atoms with Crippen molar-refractivity contribution in [3.05, 3.63) is 12.2 Å². The molecule has 0 amide bonds. The summed E-state index contributed by atoms with van der Waals surface area (Å²) in [6.45, 7) is 15.4. The molecule has 0 aliphatic heterocycles. The van der Waals surface area contributed by atoms with Crippen molar-refractivity contribution < 1.29 is 15.3 Å². The third kappa shape index (κ3) is 13.1. The van der Waals surface area contributed by atoms with Crippen LogP contribution in [0.4, 0.5) is 0 Å². The highest BCUT2D eigenvalue weighted by Crippen LogP contribution is 2.44. The first-order valence-corrected chi connectivity index (χ1v) is 14.7. The fraction of sp³-hybridized carbons (Fsp3) is 0.935. The molecule has 204 valence electrons. The van der Waals surface area contributed by atoms with Gasteiger partial charge in [0.2, 0.25) is 0 Å². The Labute approximate surface area is 213 Å². The second-order valence-electron chi connectivity index (χ2n) is 11.8. The summed E-state index contributed by atoms with van der Waals surface area (Å²) in [6, 6.07) is 0. The minimum atomic E-state index is -0.179. The number of allylic oxidation sites excluding steroid dienone is 1. The number of aliphatic hydroxyl groups is 1. The largest absolute Gasteiger partial charge is 0.412 e. The topological polar surface area (TPSA) is 61.0 Å². The van der Waals surface area contributed by atoms with E-state index in [0.717, 1.165) is 35.5 Å². The SMILES string of the molecule is CCC(C)C.CCCC[C@H]1CC(C(C)O)C=CC1C1CCC(CC)CC1.COC(C)C1CC1.O. The lowest BCUT2D eigenvalue weighted by Crippen LogP contribution is -2.32. The third-order valence-corrected chi connectivity index (χ3v) is 8.74. The molecule has 0 heterocycles. The van der Waals surface area contributed by atoms with Crippen molar-refractivity contribution in [2.75, 3.05) is 7.11 Å². The first-order chi connectivity index (χ1) is 15.8. The summed E-state index contributed by atoms with van der Waals surface area (Å²) in [7, 11) is 1.78. The van der Waals surface area contributed by atoms with Crippen LogP contribution in [0.15, 0.2) is 12.2 Å². The summed E-state index contributed by atoms with van der Waals surface area (Å²) in [5.74, 6) is 5.70. The molecule has 3 nitrogen and oxygen atoms in total. The number of methoxy groups -OCH3 is 1. The van der Waals surface area contributed by atoms with E-state index in [-0.39, 0.29) is 11.6 Å². The highest BCUT2D eigenvalue weighted by Gasteiger charge is 2.34. The predicted molar refractivity (Wildman–Crippen MR) is 149 cm³/mol. The fourth-order valence-electron chi connectivity index (χ4n) is 5.43. The molecule has 0 bridgehead atoms. The van der Waals surface area contributed by atoms with Crippen molar-refractivity contribution in [1.82, 2.24) is 0 Å². The first kappa shape index (κ1) is 33.6. The van der Waals surface area contributed by atoms with Crippen molar-refractivity contribution in [2.24, 2.45) is 41.4 Å². The van der Waals surface area contributed by atoms with Crippen LogP contribution in [0, 0.1) is 41.4 Å². The molecule has 2 saturated carbocycles. The summed E-state index contributed by atoms with van der Waals surface area (Å²) in [5.41, 5.74) is 0. The van der Waals surface area contributed by atoms with Gasteiger partial charge in [0.25, 0.3) is 0 Å². The molecule has 3 heteroatoms. The zero-order chi connectivity index (χ0) is 24.8. The Morgan fingerprint density at radius 2 is 1.50 bits per heavy atom. The van der Waals surface area contributed by atoms with Crippen molar-refractivity contribution in [2.45, 2.75) is 138 Å². The molecule has 4 unspecified atom stereocenters. The van der Waals surface area contributed by atoms with Gasteiger partial charge in [-0.25, -0.2) is 0 Å². The van der Waals surface area contributed by atoms with E-state index in [1.807, 2.05) is 6.92 Å². The fourth-order valence-corrected chi connectivity index (χ4v) is 5.43. The van der Waals surface area contributed by atoms with Crippen LogP contribution in [0.2, 0.25) is 0 Å². The minimum Gasteiger partial charge on any atom is -0.412 e. The van der Waals surface area contributed by atoms with Crippen LogP contribution in [0.3, 0.4) is 0 Å². The second-order valence-corrected chi connectivity index (χ2v) is 11.8. The van der Waals surface area contributed by atoms with E-state index in [0.29, 0.717) is 12.0 Å². The highest BCUT2D eigenvalue weighted by atomic mass is 16.5. The van der Waals surface area contributed by atoms with E-state index in [1.165, 1.54) is 77.0 Å². The maximum Gasteiger partial charge on any atom is 0.0574 e. The minimum absolute atomic E-state index is 0. The van der Waals surface area contributed by atoms with Gasteiger partial charge in [0.1, 0.15) is 0 Å². The number of aliphatic hydroxyl groups excluding tert-OH is 1. The van der Waals surface area contributed by atoms with Gasteiger partial charge in [-0.3, -0.25) is 0 Å². The average molecular weight is 483 g/mol. The smallest absolute Gasteiger partial charge is 0.0574 e. The van der Waals surface area contributed by atoms with Gasteiger partial charge in [0.05, 0.1) is 12.2 Å². The zero-order valence-electron chi connectivity index (χ0n) is 24.2. The Bertz CT molecular complexity index is 489. The lowest BCUT2D eigenvalue weighted by atomic mass is 9.65. The normalized spacial score (nSPS) is 30.2. The molecule has 0 aromatic rings. The molecule has 0 aromatic heterocycles. The first-order valence-electron chi connectivity index (χ1n) is 14.7. The van der Waals surface area contributed by atoms with Crippen LogP contribution in [0.1, 0.15) is 126 Å². The lowest BCUT2D eigenvalue weighted by molar-refractivity contribution is 0.0969. The lowest BCUT2D eigenvalue weighted by Gasteiger charge is -2.40. The van der Waals surface area contributed by atoms with E-state index in [4.69, 9.17) is 4.74 Å². The van der Waals surface area contributed by atoms with Gasteiger partial charge in [-0.05, 0) is 87.9 Å². The summed E-state index contributed by atoms with van der Waals surface area (Å²) >= 11 is 0. The molecule has 0 aromatic carbocycles. The number of unbranched alkanes of at least 4 members (excludes halogenated alkanes) is 1. The van der Waals surface area contributed by atoms with Crippen LogP contribution < -0.4 is 0 Å². The van der Waals surface area contributed by atoms with Crippen LogP contribution in [0.5, 0.6) is 0 Å². The van der Waals surface area contributed by atoms with Crippen molar-refractivity contribution in [1.29, 1.82) is 0 Å². The van der Waals surface area contributed by atoms with Crippen molar-refractivity contribution >= 4 is 0 Å². The van der Waals surface area contributed by atoms with Gasteiger partial charge in [-0.15, -0.1) is 0 Å². The van der Waals surface area contributed by atoms with Crippen LogP contribution >= 0.6 is 0 Å². The molecule has 0 radical (unpaired) electrons. The Morgan fingerprint density at radius 1 is 0.912 bits per heavy atom. The quantitative estimate of drug-likeness (QED) is 0.336. The number of hydrogen-bond acceptors (Lipinski definition) is 2. The summed E-state index contributed by atoms with van der Waals surface area (Å²) in [6.07, 6.45) is 21.6. The monoisotopic (exact) mass is 482 g/mol. The third-order valence-electron chi connectivity index (χ3n) is 8.74. The summed E-state index contributed by atoms with van der Waals surface area (Å²) in [4.78, 5) is 0. The maximum atomic E-state index is 9.93. The van der Waals surface area contributed by atoms with Gasteiger partial charge < -0.3 is 15.3 Å². The molecule has 3 rings (SSSR count). The number of hydrogen-bond donors (Lipinski definition) is 1. The van der Waals surface area contributed by atoms with Crippen LogP contribution in [-0.4, -0.2) is 29.9 Å². The van der Waals surface area contributed by atoms with E-state index in [9.17, 15) is 5.11 Å². The van der Waals surface area contributed by atoms with E-state index in [1.54, 1.807) is 7.11 Å². The Hall–Kier alpha value is -0.380. The van der Waals surface area contributed by atoms with Gasteiger partial charge in [0, 0.05) is 13.0 Å². The molecular weight excluding hydrogens is 420 g/mol. The standard InChI is InChI=1S/C20H36O.C6H12O.C5H12.H2O/c1-4-6-7-19-14-18(15(3)21)12-13-20(19)17-10-8-16(5-2)9-11-17;1-5(7-2)6-3-4-6;1-4-5(2)3;/h12-13,15-21H,4-11,14H2,1-3H3;5-6H,3-4H2,1-2H3;5H,4H2,1-3H3;1H2/t15?,16?,17?,18?,19-,20?;;;/m0.../s1. The van der Waals surface area contributed by atoms with Crippen LogP contribution in [-0.2, 0) is 4.74 Å². The zero-order valence-corrected chi connectivity index (χ0v) is 24.2. The van der Waals surface area contributed by atoms with Crippen LogP contribution in [0.25, 0.3) is 0 Å². The number of ether oxygens (including phenoxy) is 1. The van der Waals surface area contributed by atoms with E-state index in [2.05, 4.69) is 53.7 Å². The van der Waals surface area contributed by atoms with Gasteiger partial charge >= 0.3 is 0 Å². The summed E-state index contributed by atoms with van der Waals surface area (Å²) in [5, 5.41) is 9.93. The number of rotatable bonds is 9. The molecule has 0 spiro atoms. The molecule has 34 heavy (non-hydrogen) atoms. The second kappa shape index (κ2) is 18.8. The molecule has 3 aliphatic carbocycles. The maximum absolute atomic E-state index is 9.93. The van der Waals surface area contributed by atoms with E-state index < -0.39 is 0 Å². The van der Waals surface area contributed by atoms with Gasteiger partial charge in [-0.2, -0.15) is 0 Å². The Morgan fingerprint density at radius 3 is 1.88 bits per heavy atom. The Kier molecular flexibility index (Phi) is 18.6. The molecule has 3 aliphatic rings. The molecule has 2 fully saturated rings. The molecule has 0 saturated heterocycles. The average Bonchev–Trinajstić information content (AvgIpc) is 3.68. The van der Waals surface area contributed by atoms with Gasteiger partial charge in [-0.1, -0.05) is 85.3 Å². The molecule has 3 N–H and O–H groups in total. The predicted octanol–water partition coefficient (Wildman–Crippen LogP) is 8.24. The van der Waals surface area contributed by atoms with Crippen molar-refractivity contribution in [3.8, 4) is 0 Å². The molecule has 5 atom stereocenters. The summed E-state index contributed by atoms with van der Waals surface area (Å²) < 4.78 is 5.07. The molecular formula is C31H62O3. The highest BCUT2D eigenvalue weighted by molar-refractivity contribution is 5.05. The van der Waals surface area contributed by atoms with E-state index >= 15 is 0 Å². The van der Waals surface area contributed by atoms with Gasteiger partial charge in [0.15, 0.2) is 0 Å².